The van der Waals surface area contributed by atoms with Crippen molar-refractivity contribution >= 4 is 23.2 Å². The average molecular weight is 409 g/mol. The maximum atomic E-state index is 13.2. The minimum Gasteiger partial charge on any atom is -0.465 e. The fourth-order valence-corrected chi connectivity index (χ4v) is 3.87. The number of rotatable bonds is 5. The Morgan fingerprint density at radius 3 is 2.67 bits per heavy atom. The summed E-state index contributed by atoms with van der Waals surface area (Å²) < 4.78 is 11.3. The molecule has 1 N–H and O–H groups in total. The molecule has 2 amide bonds. The Balaban J connectivity index is 1.52. The van der Waals surface area contributed by atoms with E-state index < -0.39 is 11.5 Å². The Hall–Kier alpha value is -2.90. The van der Waals surface area contributed by atoms with Crippen LogP contribution >= 0.6 is 0 Å². The van der Waals surface area contributed by atoms with Crippen LogP contribution in [0.2, 0.25) is 0 Å². The Bertz CT molecular complexity index is 942. The van der Waals surface area contributed by atoms with Crippen molar-refractivity contribution in [1.29, 1.82) is 0 Å². The first-order valence-electron chi connectivity index (χ1n) is 10.3. The molecule has 7 nitrogen and oxygen atoms in total. The molecule has 158 valence electrons. The van der Waals surface area contributed by atoms with Crippen molar-refractivity contribution in [2.45, 2.75) is 26.0 Å². The largest absolute Gasteiger partial charge is 0.465 e. The lowest BCUT2D eigenvalue weighted by Crippen LogP contribution is -2.60. The molecule has 1 fully saturated rings. The highest BCUT2D eigenvalue weighted by atomic mass is 16.5. The summed E-state index contributed by atoms with van der Waals surface area (Å²) in [7, 11) is 0. The Morgan fingerprint density at radius 2 is 1.90 bits per heavy atom. The fraction of sp³-hybridized carbons (Fsp3) is 0.391. The van der Waals surface area contributed by atoms with Gasteiger partial charge >= 0.3 is 0 Å². The van der Waals surface area contributed by atoms with E-state index in [4.69, 9.17) is 9.47 Å². The van der Waals surface area contributed by atoms with Gasteiger partial charge in [-0.2, -0.15) is 0 Å². The van der Waals surface area contributed by atoms with Crippen molar-refractivity contribution in [3.05, 3.63) is 54.1 Å². The van der Waals surface area contributed by atoms with Gasteiger partial charge in [0.25, 0.3) is 17.4 Å². The molecule has 0 aromatic heterocycles. The highest BCUT2D eigenvalue weighted by molar-refractivity contribution is 6.19. The van der Waals surface area contributed by atoms with Crippen LogP contribution in [0.1, 0.15) is 19.4 Å². The van der Waals surface area contributed by atoms with Gasteiger partial charge in [-0.15, -0.1) is 0 Å². The number of para-hydroxylation sites is 2. The first-order chi connectivity index (χ1) is 14.5. The maximum absolute atomic E-state index is 13.2. The van der Waals surface area contributed by atoms with Crippen molar-refractivity contribution in [2.24, 2.45) is 0 Å². The number of anilines is 2. The number of likely N-dealkylation sites (N-methyl/N-ethyl adjacent to an activating group) is 1. The van der Waals surface area contributed by atoms with E-state index in [1.165, 1.54) is 6.92 Å². The topological polar surface area (TPSA) is 71.1 Å². The molecule has 0 radical (unpaired) electrons. The van der Waals surface area contributed by atoms with Crippen LogP contribution in [0.5, 0.6) is 5.75 Å². The summed E-state index contributed by atoms with van der Waals surface area (Å²) in [5.41, 5.74) is 0.786. The molecule has 2 aliphatic heterocycles. The molecule has 7 heteroatoms. The summed E-state index contributed by atoms with van der Waals surface area (Å²) in [6.45, 7) is 7.92. The smallest absolute Gasteiger partial charge is 0.280 e. The molecule has 1 atom stereocenters. The highest BCUT2D eigenvalue weighted by Gasteiger charge is 2.50. The molecule has 0 spiro atoms. The van der Waals surface area contributed by atoms with E-state index >= 15 is 0 Å². The van der Waals surface area contributed by atoms with Gasteiger partial charge in [0.2, 0.25) is 0 Å². The lowest BCUT2D eigenvalue weighted by molar-refractivity contribution is -0.145. The van der Waals surface area contributed by atoms with Gasteiger partial charge in [0.05, 0.1) is 18.9 Å². The summed E-state index contributed by atoms with van der Waals surface area (Å²) >= 11 is 0. The molecule has 1 saturated heterocycles. The summed E-state index contributed by atoms with van der Waals surface area (Å²) in [6.07, 6.45) is 0. The molecule has 2 aliphatic rings. The molecular formula is C23H27N3O4. The van der Waals surface area contributed by atoms with Crippen LogP contribution in [0, 0.1) is 0 Å². The van der Waals surface area contributed by atoms with E-state index in [0.717, 1.165) is 38.4 Å². The average Bonchev–Trinajstić information content (AvgIpc) is 2.75. The van der Waals surface area contributed by atoms with Crippen LogP contribution in [0.25, 0.3) is 0 Å². The third-order valence-electron chi connectivity index (χ3n) is 5.57. The van der Waals surface area contributed by atoms with Crippen LogP contribution in [0.4, 0.5) is 11.4 Å². The maximum Gasteiger partial charge on any atom is 0.280 e. The second-order valence-electron chi connectivity index (χ2n) is 7.70. The number of nitrogens with zero attached hydrogens (tertiary/aromatic N) is 2. The Kier molecular flexibility index (Phi) is 5.74. The number of ether oxygens (including phenoxy) is 2. The molecule has 2 aromatic rings. The normalized spacial score (nSPS) is 21.7. The van der Waals surface area contributed by atoms with Crippen LogP contribution < -0.4 is 15.0 Å². The number of morpholine rings is 1. The minimum atomic E-state index is -1.63. The first-order valence-corrected chi connectivity index (χ1v) is 10.3. The van der Waals surface area contributed by atoms with Crippen molar-refractivity contribution in [2.75, 3.05) is 43.1 Å². The molecule has 4 rings (SSSR count). The number of carbonyl (C=O) groups excluding carboxylic acids is 2. The quantitative estimate of drug-likeness (QED) is 0.769. The van der Waals surface area contributed by atoms with Crippen LogP contribution in [0.15, 0.2) is 48.5 Å². The van der Waals surface area contributed by atoms with E-state index in [2.05, 4.69) is 10.2 Å². The third kappa shape index (κ3) is 3.91. The van der Waals surface area contributed by atoms with Gasteiger partial charge < -0.3 is 19.7 Å². The summed E-state index contributed by atoms with van der Waals surface area (Å²) in [5.74, 6) is -0.327. The van der Waals surface area contributed by atoms with Gasteiger partial charge in [-0.05, 0) is 43.7 Å². The lowest BCUT2D eigenvalue weighted by Gasteiger charge is -2.39. The number of nitrogens with one attached hydrogen (secondary N) is 1. The van der Waals surface area contributed by atoms with Crippen molar-refractivity contribution in [3.63, 3.8) is 0 Å². The lowest BCUT2D eigenvalue weighted by atomic mass is 9.99. The second kappa shape index (κ2) is 8.45. The van der Waals surface area contributed by atoms with Crippen LogP contribution in [-0.2, 0) is 20.9 Å². The predicted molar refractivity (Wildman–Crippen MR) is 115 cm³/mol. The number of hydrogen-bond donors (Lipinski definition) is 1. The van der Waals surface area contributed by atoms with Gasteiger partial charge in [0.1, 0.15) is 5.75 Å². The molecule has 30 heavy (non-hydrogen) atoms. The predicted octanol–water partition coefficient (Wildman–Crippen LogP) is 2.66. The molecule has 2 aromatic carbocycles. The zero-order chi connectivity index (χ0) is 21.1. The monoisotopic (exact) mass is 409 g/mol. The zero-order valence-electron chi connectivity index (χ0n) is 17.4. The van der Waals surface area contributed by atoms with E-state index in [-0.39, 0.29) is 5.91 Å². The van der Waals surface area contributed by atoms with Crippen LogP contribution in [0.3, 0.4) is 0 Å². The number of hydrogen-bond acceptors (Lipinski definition) is 5. The molecule has 2 heterocycles. The van der Waals surface area contributed by atoms with Crippen molar-refractivity contribution in [1.82, 2.24) is 4.90 Å². The van der Waals surface area contributed by atoms with Crippen molar-refractivity contribution in [3.8, 4) is 5.75 Å². The van der Waals surface area contributed by atoms with E-state index in [1.807, 2.05) is 49.4 Å². The van der Waals surface area contributed by atoms with Gasteiger partial charge in [-0.1, -0.05) is 24.3 Å². The fourth-order valence-electron chi connectivity index (χ4n) is 3.87. The highest BCUT2D eigenvalue weighted by Crippen LogP contribution is 2.38. The standard InChI is InChI=1S/C23H27N3O4/c1-3-26-19-9-4-5-10-20(19)30-23(2,22(26)28)21(27)24-18-8-6-7-17(15-18)16-25-11-13-29-14-12-25/h4-10,15H,3,11-14,16H2,1-2H3,(H,24,27). The molecule has 0 bridgehead atoms. The second-order valence-corrected chi connectivity index (χ2v) is 7.70. The number of carbonyl (C=O) groups is 2. The van der Waals surface area contributed by atoms with Gasteiger partial charge in [0, 0.05) is 31.9 Å². The van der Waals surface area contributed by atoms with Gasteiger partial charge in [-0.3, -0.25) is 14.5 Å². The van der Waals surface area contributed by atoms with E-state index in [9.17, 15) is 9.59 Å². The third-order valence-corrected chi connectivity index (χ3v) is 5.57. The first kappa shape index (κ1) is 20.4. The molecular weight excluding hydrogens is 382 g/mol. The summed E-state index contributed by atoms with van der Waals surface area (Å²) in [6, 6.07) is 15.0. The van der Waals surface area contributed by atoms with Crippen LogP contribution in [-0.4, -0.2) is 55.2 Å². The van der Waals surface area contributed by atoms with Gasteiger partial charge in [0.15, 0.2) is 0 Å². The SMILES string of the molecule is CCN1C(=O)C(C)(C(=O)Nc2cccc(CN3CCOCC3)c2)Oc2ccccc21. The van der Waals surface area contributed by atoms with Crippen molar-refractivity contribution < 1.29 is 19.1 Å². The van der Waals surface area contributed by atoms with E-state index in [1.54, 1.807) is 11.0 Å². The number of fused-ring (bicyclic) bond motifs is 1. The number of benzene rings is 2. The number of amides is 2. The molecule has 1 unspecified atom stereocenters. The Labute approximate surface area is 176 Å². The summed E-state index contributed by atoms with van der Waals surface area (Å²) in [5, 5.41) is 2.88. The zero-order valence-corrected chi connectivity index (χ0v) is 17.4. The minimum absolute atomic E-state index is 0.370. The molecule has 0 aliphatic carbocycles. The molecule has 0 saturated carbocycles. The summed E-state index contributed by atoms with van der Waals surface area (Å²) in [4.78, 5) is 30.2. The van der Waals surface area contributed by atoms with E-state index in [0.29, 0.717) is 23.7 Å². The Morgan fingerprint density at radius 1 is 1.13 bits per heavy atom. The van der Waals surface area contributed by atoms with Gasteiger partial charge in [-0.25, -0.2) is 0 Å².